The highest BCUT2D eigenvalue weighted by molar-refractivity contribution is 7.13. The molecular formula is C16H21Cl2N3OS. The van der Waals surface area contributed by atoms with Gasteiger partial charge in [-0.25, -0.2) is 4.98 Å². The molecular weight excluding hydrogens is 353 g/mol. The molecule has 2 aromatic rings. The number of amides is 1. The molecule has 23 heavy (non-hydrogen) atoms. The van der Waals surface area contributed by atoms with Crippen molar-refractivity contribution in [3.8, 4) is 10.6 Å². The first-order valence-corrected chi connectivity index (χ1v) is 8.14. The monoisotopic (exact) mass is 373 g/mol. The summed E-state index contributed by atoms with van der Waals surface area (Å²) in [6.45, 7) is 3.73. The zero-order chi connectivity index (χ0) is 14.7. The van der Waals surface area contributed by atoms with E-state index in [0.717, 1.165) is 29.2 Å². The lowest BCUT2D eigenvalue weighted by Gasteiger charge is -2.11. The molecule has 1 atom stereocenters. The average molecular weight is 374 g/mol. The van der Waals surface area contributed by atoms with Crippen LogP contribution in [0.5, 0.6) is 0 Å². The van der Waals surface area contributed by atoms with Crippen molar-refractivity contribution in [2.75, 3.05) is 13.1 Å². The fourth-order valence-corrected chi connectivity index (χ4v) is 3.32. The summed E-state index contributed by atoms with van der Waals surface area (Å²) in [4.78, 5) is 16.7. The molecule has 2 heterocycles. The van der Waals surface area contributed by atoms with E-state index in [-0.39, 0.29) is 30.7 Å². The number of rotatable bonds is 4. The molecule has 3 rings (SSSR count). The van der Waals surface area contributed by atoms with Crippen molar-refractivity contribution in [1.29, 1.82) is 0 Å². The summed E-state index contributed by atoms with van der Waals surface area (Å²) in [6, 6.07) is 8.08. The second kappa shape index (κ2) is 9.23. The molecule has 1 amide bonds. The Morgan fingerprint density at radius 1 is 1.43 bits per heavy atom. The van der Waals surface area contributed by atoms with Crippen LogP contribution in [0.3, 0.4) is 0 Å². The van der Waals surface area contributed by atoms with Crippen LogP contribution in [-0.4, -0.2) is 30.0 Å². The predicted molar refractivity (Wildman–Crippen MR) is 100 cm³/mol. The number of halogens is 2. The number of hydrogen-bond donors (Lipinski definition) is 2. The number of nitrogens with one attached hydrogen (secondary N) is 2. The third-order valence-electron chi connectivity index (χ3n) is 3.66. The molecule has 1 unspecified atom stereocenters. The van der Waals surface area contributed by atoms with Gasteiger partial charge in [0.05, 0.1) is 0 Å². The fraction of sp³-hybridized carbons (Fsp3) is 0.375. The number of aryl methyl sites for hydroxylation is 1. The van der Waals surface area contributed by atoms with Gasteiger partial charge in [-0.15, -0.1) is 36.2 Å². The third-order valence-corrected chi connectivity index (χ3v) is 4.67. The highest BCUT2D eigenvalue weighted by atomic mass is 35.5. The summed E-state index contributed by atoms with van der Waals surface area (Å²) in [7, 11) is 0. The smallest absolute Gasteiger partial charge is 0.251 e. The molecule has 126 valence electrons. The van der Waals surface area contributed by atoms with Crippen molar-refractivity contribution in [2.45, 2.75) is 25.8 Å². The molecule has 0 radical (unpaired) electrons. The number of carbonyl (C=O) groups is 1. The van der Waals surface area contributed by atoms with E-state index in [1.165, 1.54) is 6.42 Å². The van der Waals surface area contributed by atoms with Crippen molar-refractivity contribution in [3.05, 3.63) is 40.9 Å². The normalized spacial score (nSPS) is 16.3. The zero-order valence-electron chi connectivity index (χ0n) is 12.9. The standard InChI is InChI=1S/C16H19N3OS.2ClH/c1-11-10-21-16(19-11)13-5-2-4-12(8-13)15(20)18-9-14-6-3-7-17-14;;/h2,4-5,8,10,14,17H,3,6-7,9H2,1H3,(H,18,20);2*1H. The van der Waals surface area contributed by atoms with E-state index >= 15 is 0 Å². The van der Waals surface area contributed by atoms with E-state index in [1.54, 1.807) is 11.3 Å². The van der Waals surface area contributed by atoms with Crippen LogP contribution < -0.4 is 10.6 Å². The number of benzene rings is 1. The van der Waals surface area contributed by atoms with E-state index in [0.29, 0.717) is 18.2 Å². The minimum atomic E-state index is -0.0150. The average Bonchev–Trinajstić information content (AvgIpc) is 3.16. The van der Waals surface area contributed by atoms with Crippen LogP contribution in [-0.2, 0) is 0 Å². The molecule has 1 aliphatic heterocycles. The van der Waals surface area contributed by atoms with Gasteiger partial charge < -0.3 is 10.6 Å². The maximum Gasteiger partial charge on any atom is 0.251 e. The van der Waals surface area contributed by atoms with E-state index in [4.69, 9.17) is 0 Å². The van der Waals surface area contributed by atoms with Crippen LogP contribution in [0.15, 0.2) is 29.6 Å². The Morgan fingerprint density at radius 2 is 2.26 bits per heavy atom. The van der Waals surface area contributed by atoms with Crippen molar-refractivity contribution >= 4 is 42.1 Å². The van der Waals surface area contributed by atoms with Crippen molar-refractivity contribution in [1.82, 2.24) is 15.6 Å². The molecule has 7 heteroatoms. The number of thiazole rings is 1. The van der Waals surface area contributed by atoms with E-state index < -0.39 is 0 Å². The van der Waals surface area contributed by atoms with Gasteiger partial charge >= 0.3 is 0 Å². The largest absolute Gasteiger partial charge is 0.350 e. The van der Waals surface area contributed by atoms with Crippen LogP contribution in [0, 0.1) is 6.92 Å². The van der Waals surface area contributed by atoms with Gasteiger partial charge in [0.15, 0.2) is 0 Å². The molecule has 1 aromatic heterocycles. The molecule has 4 nitrogen and oxygen atoms in total. The second-order valence-corrected chi connectivity index (χ2v) is 6.24. The Kier molecular flexibility index (Phi) is 7.99. The second-order valence-electron chi connectivity index (χ2n) is 5.38. The number of aromatic nitrogens is 1. The summed E-state index contributed by atoms with van der Waals surface area (Å²) in [5, 5.41) is 9.37. The van der Waals surface area contributed by atoms with Gasteiger partial charge in [0.2, 0.25) is 0 Å². The SMILES string of the molecule is Cc1csc(-c2cccc(C(=O)NCC3CCCN3)c2)n1.Cl.Cl. The molecule has 0 saturated carbocycles. The van der Waals surface area contributed by atoms with Gasteiger partial charge in [-0.05, 0) is 38.4 Å². The van der Waals surface area contributed by atoms with Crippen LogP contribution in [0.2, 0.25) is 0 Å². The van der Waals surface area contributed by atoms with E-state index in [1.807, 2.05) is 36.6 Å². The molecule has 1 fully saturated rings. The molecule has 0 spiro atoms. The molecule has 1 aliphatic rings. The Hall–Kier alpha value is -1.14. The van der Waals surface area contributed by atoms with E-state index in [2.05, 4.69) is 15.6 Å². The molecule has 0 bridgehead atoms. The van der Waals surface area contributed by atoms with Crippen molar-refractivity contribution in [2.24, 2.45) is 0 Å². The zero-order valence-corrected chi connectivity index (χ0v) is 15.3. The van der Waals surface area contributed by atoms with E-state index in [9.17, 15) is 4.79 Å². The van der Waals surface area contributed by atoms with Crippen molar-refractivity contribution < 1.29 is 4.79 Å². The predicted octanol–water partition coefficient (Wildman–Crippen LogP) is 3.44. The van der Waals surface area contributed by atoms with Crippen LogP contribution >= 0.6 is 36.2 Å². The van der Waals surface area contributed by atoms with Crippen molar-refractivity contribution in [3.63, 3.8) is 0 Å². The Morgan fingerprint density at radius 3 is 2.91 bits per heavy atom. The molecule has 1 saturated heterocycles. The molecule has 0 aliphatic carbocycles. The molecule has 2 N–H and O–H groups in total. The summed E-state index contributed by atoms with van der Waals surface area (Å²) in [5.74, 6) is -0.0150. The van der Waals surface area contributed by atoms with Gasteiger partial charge in [-0.2, -0.15) is 0 Å². The Labute approximate surface area is 152 Å². The highest BCUT2D eigenvalue weighted by Crippen LogP contribution is 2.24. The highest BCUT2D eigenvalue weighted by Gasteiger charge is 2.15. The minimum absolute atomic E-state index is 0. The maximum atomic E-state index is 12.2. The van der Waals surface area contributed by atoms with Crippen LogP contribution in [0.4, 0.5) is 0 Å². The lowest BCUT2D eigenvalue weighted by Crippen LogP contribution is -2.37. The topological polar surface area (TPSA) is 54.0 Å². The summed E-state index contributed by atoms with van der Waals surface area (Å²) >= 11 is 1.60. The summed E-state index contributed by atoms with van der Waals surface area (Å²) < 4.78 is 0. The number of hydrogen-bond acceptors (Lipinski definition) is 4. The third kappa shape index (κ3) is 5.18. The Balaban J connectivity index is 0.00000132. The first kappa shape index (κ1) is 19.9. The fourth-order valence-electron chi connectivity index (χ4n) is 2.53. The van der Waals surface area contributed by atoms with Gasteiger partial charge in [0, 0.05) is 34.8 Å². The summed E-state index contributed by atoms with van der Waals surface area (Å²) in [5.41, 5.74) is 2.70. The quantitative estimate of drug-likeness (QED) is 0.862. The number of carbonyl (C=O) groups excluding carboxylic acids is 1. The van der Waals surface area contributed by atoms with Gasteiger partial charge in [-0.1, -0.05) is 12.1 Å². The minimum Gasteiger partial charge on any atom is -0.350 e. The van der Waals surface area contributed by atoms with Gasteiger partial charge in [0.1, 0.15) is 5.01 Å². The van der Waals surface area contributed by atoms with Gasteiger partial charge in [0.25, 0.3) is 5.91 Å². The number of nitrogens with zero attached hydrogens (tertiary/aromatic N) is 1. The summed E-state index contributed by atoms with van der Waals surface area (Å²) in [6.07, 6.45) is 2.33. The Bertz CT molecular complexity index is 642. The maximum absolute atomic E-state index is 12.2. The first-order valence-electron chi connectivity index (χ1n) is 7.26. The van der Waals surface area contributed by atoms with Crippen LogP contribution in [0.1, 0.15) is 28.9 Å². The first-order chi connectivity index (χ1) is 10.2. The molecule has 1 aromatic carbocycles. The lowest BCUT2D eigenvalue weighted by molar-refractivity contribution is 0.0950. The lowest BCUT2D eigenvalue weighted by atomic mass is 10.1. The van der Waals surface area contributed by atoms with Gasteiger partial charge in [-0.3, -0.25) is 4.79 Å². The van der Waals surface area contributed by atoms with Crippen LogP contribution in [0.25, 0.3) is 10.6 Å².